The Hall–Kier alpha value is -1.09. The van der Waals surface area contributed by atoms with E-state index in [9.17, 15) is 0 Å². The van der Waals surface area contributed by atoms with Gasteiger partial charge in [0.15, 0.2) is 5.28 Å². The number of aromatic nitrogens is 2. The Morgan fingerprint density at radius 1 is 1.55 bits per heavy atom. The molecule has 1 aromatic rings. The lowest BCUT2D eigenvalue weighted by Gasteiger charge is -2.09. The van der Waals surface area contributed by atoms with Crippen molar-refractivity contribution in [3.63, 3.8) is 0 Å². The fraction of sp³-hybridized carbons (Fsp3) is 0.200. The highest BCUT2D eigenvalue weighted by Crippen LogP contribution is 2.32. The number of nitrogens with zero attached hydrogens (tertiary/aromatic N) is 4. The van der Waals surface area contributed by atoms with Crippen LogP contribution in [0.2, 0.25) is 0 Å². The van der Waals surface area contributed by atoms with E-state index in [2.05, 4.69) is 34.9 Å². The van der Waals surface area contributed by atoms with Crippen molar-refractivity contribution in [2.75, 3.05) is 0 Å². The molecule has 1 aliphatic rings. The van der Waals surface area contributed by atoms with Gasteiger partial charge in [0.05, 0.1) is 6.21 Å². The van der Waals surface area contributed by atoms with Crippen LogP contribution in [0.25, 0.3) is 0 Å². The van der Waals surface area contributed by atoms with Gasteiger partial charge in [-0.2, -0.15) is 5.10 Å². The molecule has 56 valence electrons. The molecule has 1 N–H and O–H groups in total. The molecule has 6 heteroatoms. The fourth-order valence-electron chi connectivity index (χ4n) is 0.840. The molecular formula is C5H6N5P. The largest absolute Gasteiger partial charge is 0.285 e. The predicted molar refractivity (Wildman–Crippen MR) is 43.3 cm³/mol. The van der Waals surface area contributed by atoms with E-state index in [1.165, 1.54) is 0 Å². The van der Waals surface area contributed by atoms with E-state index < -0.39 is 5.28 Å². The molecule has 0 aliphatic carbocycles. The normalized spacial score (nSPS) is 28.1. The second kappa shape index (κ2) is 2.20. The monoisotopic (exact) mass is 167 g/mol. The summed E-state index contributed by atoms with van der Waals surface area (Å²) in [5.41, 5.74) is 0.799. The summed E-state index contributed by atoms with van der Waals surface area (Å²) in [7, 11) is 2.54. The van der Waals surface area contributed by atoms with Crippen LogP contribution in [0, 0.1) is 0 Å². The molecule has 0 aromatic carbocycles. The van der Waals surface area contributed by atoms with E-state index in [0.717, 1.165) is 5.69 Å². The molecule has 0 saturated heterocycles. The van der Waals surface area contributed by atoms with Gasteiger partial charge in [0, 0.05) is 6.20 Å². The molecule has 0 bridgehead atoms. The zero-order valence-corrected chi connectivity index (χ0v) is 6.75. The molecule has 0 amide bonds. The number of rotatable bonds is 1. The second-order valence-electron chi connectivity index (χ2n) is 2.22. The van der Waals surface area contributed by atoms with Crippen LogP contribution in [0.4, 0.5) is 0 Å². The van der Waals surface area contributed by atoms with E-state index in [1.807, 2.05) is 6.07 Å². The summed E-state index contributed by atoms with van der Waals surface area (Å²) in [6.45, 7) is 0. The van der Waals surface area contributed by atoms with Gasteiger partial charge in [0.1, 0.15) is 5.69 Å². The van der Waals surface area contributed by atoms with Gasteiger partial charge >= 0.3 is 0 Å². The van der Waals surface area contributed by atoms with Crippen LogP contribution < -0.4 is 0 Å². The van der Waals surface area contributed by atoms with Crippen LogP contribution in [0.5, 0.6) is 0 Å². The molecular weight excluding hydrogens is 161 g/mol. The van der Waals surface area contributed by atoms with Crippen LogP contribution in [0.15, 0.2) is 27.7 Å². The lowest BCUT2D eigenvalue weighted by Crippen LogP contribution is -2.14. The SMILES string of the molecule is PC1(c2cc[nH]n2)C=NN=N1. The smallest absolute Gasteiger partial charge is 0.176 e. The Labute approximate surface area is 65.2 Å². The molecule has 0 radical (unpaired) electrons. The maximum absolute atomic E-state index is 3.98. The minimum absolute atomic E-state index is 0.542. The van der Waals surface area contributed by atoms with Crippen LogP contribution in [-0.4, -0.2) is 16.4 Å². The molecule has 2 unspecified atom stereocenters. The zero-order valence-electron chi connectivity index (χ0n) is 5.60. The minimum Gasteiger partial charge on any atom is -0.285 e. The fourth-order valence-corrected chi connectivity index (χ4v) is 1.12. The summed E-state index contributed by atoms with van der Waals surface area (Å²) < 4.78 is 0. The molecule has 5 nitrogen and oxygen atoms in total. The minimum atomic E-state index is -0.542. The maximum Gasteiger partial charge on any atom is 0.176 e. The van der Waals surface area contributed by atoms with Gasteiger partial charge < -0.3 is 0 Å². The maximum atomic E-state index is 3.98. The standard InChI is InChI=1S/C5H6N5P/c11-5(3-7-10-9-5)4-1-2-6-8-4/h1-3H,11H2,(H,6,8). The Morgan fingerprint density at radius 2 is 2.45 bits per heavy atom. The molecule has 0 fully saturated rings. The average Bonchev–Trinajstić information content (AvgIpc) is 2.55. The van der Waals surface area contributed by atoms with Gasteiger partial charge in [0.2, 0.25) is 0 Å². The number of H-pyrrole nitrogens is 1. The van der Waals surface area contributed by atoms with E-state index in [1.54, 1.807) is 12.4 Å². The van der Waals surface area contributed by atoms with Crippen molar-refractivity contribution in [3.05, 3.63) is 18.0 Å². The summed E-state index contributed by atoms with van der Waals surface area (Å²) in [5.74, 6) is 0. The molecule has 1 aliphatic heterocycles. The van der Waals surface area contributed by atoms with Crippen LogP contribution in [0.1, 0.15) is 5.69 Å². The first-order valence-corrected chi connectivity index (χ1v) is 3.64. The van der Waals surface area contributed by atoms with Crippen LogP contribution in [-0.2, 0) is 5.28 Å². The third kappa shape index (κ3) is 0.973. The molecule has 2 rings (SSSR count). The Morgan fingerprint density at radius 3 is 3.00 bits per heavy atom. The third-order valence-electron chi connectivity index (χ3n) is 1.43. The van der Waals surface area contributed by atoms with Crippen molar-refractivity contribution in [2.45, 2.75) is 5.28 Å². The van der Waals surface area contributed by atoms with Gasteiger partial charge in [-0.05, 0) is 11.3 Å². The van der Waals surface area contributed by atoms with Crippen molar-refractivity contribution >= 4 is 15.5 Å². The summed E-state index contributed by atoms with van der Waals surface area (Å²) in [4.78, 5) is 0. The van der Waals surface area contributed by atoms with Gasteiger partial charge in [0.25, 0.3) is 0 Å². The lowest BCUT2D eigenvalue weighted by atomic mass is 10.2. The highest BCUT2D eigenvalue weighted by molar-refractivity contribution is 7.20. The summed E-state index contributed by atoms with van der Waals surface area (Å²) >= 11 is 0. The van der Waals surface area contributed by atoms with Gasteiger partial charge in [-0.15, -0.1) is 10.2 Å². The first kappa shape index (κ1) is 6.61. The number of hydrogen-bond acceptors (Lipinski definition) is 4. The molecule has 0 saturated carbocycles. The van der Waals surface area contributed by atoms with Crippen molar-refractivity contribution in [2.24, 2.45) is 15.4 Å². The lowest BCUT2D eigenvalue weighted by molar-refractivity contribution is 0.801. The molecule has 2 heterocycles. The molecule has 11 heavy (non-hydrogen) atoms. The Bertz CT molecular complexity index is 289. The Kier molecular flexibility index (Phi) is 1.32. The predicted octanol–water partition coefficient (Wildman–Crippen LogP) is 0.889. The van der Waals surface area contributed by atoms with Crippen molar-refractivity contribution in [3.8, 4) is 0 Å². The first-order valence-electron chi connectivity index (χ1n) is 3.07. The molecule has 2 atom stereocenters. The average molecular weight is 167 g/mol. The third-order valence-corrected chi connectivity index (χ3v) is 1.99. The van der Waals surface area contributed by atoms with Gasteiger partial charge in [-0.3, -0.25) is 5.10 Å². The highest BCUT2D eigenvalue weighted by atomic mass is 31.0. The van der Waals surface area contributed by atoms with E-state index in [0.29, 0.717) is 0 Å². The first-order chi connectivity index (χ1) is 5.31. The van der Waals surface area contributed by atoms with Gasteiger partial charge in [-0.25, -0.2) is 0 Å². The van der Waals surface area contributed by atoms with E-state index in [4.69, 9.17) is 0 Å². The second-order valence-corrected chi connectivity index (χ2v) is 3.10. The van der Waals surface area contributed by atoms with Crippen molar-refractivity contribution < 1.29 is 0 Å². The molecule has 1 aromatic heterocycles. The van der Waals surface area contributed by atoms with Crippen molar-refractivity contribution in [1.29, 1.82) is 0 Å². The Balaban J connectivity index is 2.43. The zero-order chi connectivity index (χ0) is 7.73. The van der Waals surface area contributed by atoms with Gasteiger partial charge in [-0.1, -0.05) is 9.24 Å². The summed E-state index contributed by atoms with van der Waals surface area (Å²) in [5, 5.41) is 17.2. The summed E-state index contributed by atoms with van der Waals surface area (Å²) in [6.07, 6.45) is 3.37. The number of aromatic amines is 1. The quantitative estimate of drug-likeness (QED) is 0.620. The topological polar surface area (TPSA) is 65.8 Å². The van der Waals surface area contributed by atoms with Crippen LogP contribution in [0.3, 0.4) is 0 Å². The molecule has 0 spiro atoms. The van der Waals surface area contributed by atoms with Crippen molar-refractivity contribution in [1.82, 2.24) is 10.2 Å². The van der Waals surface area contributed by atoms with E-state index >= 15 is 0 Å². The number of hydrogen-bond donors (Lipinski definition) is 1. The van der Waals surface area contributed by atoms with Crippen LogP contribution >= 0.6 is 9.24 Å². The summed E-state index contributed by atoms with van der Waals surface area (Å²) in [6, 6.07) is 1.84. The highest BCUT2D eigenvalue weighted by Gasteiger charge is 2.29. The number of nitrogens with one attached hydrogen (secondary N) is 1. The van der Waals surface area contributed by atoms with E-state index in [-0.39, 0.29) is 0 Å².